The van der Waals surface area contributed by atoms with Gasteiger partial charge in [0.2, 0.25) is 0 Å². The Balaban J connectivity index is 0.000000175. The molecule has 7 aromatic rings. The smallest absolute Gasteiger partial charge is 0.0570 e. The predicted octanol–water partition coefficient (Wildman–Crippen LogP) is 7.67. The van der Waals surface area contributed by atoms with Crippen molar-refractivity contribution in [3.63, 3.8) is 0 Å². The fraction of sp³-hybridized carbons (Fsp3) is 0.0606. The van der Waals surface area contributed by atoms with Crippen LogP contribution in [0, 0.1) is 25.9 Å². The molecule has 38 heavy (non-hydrogen) atoms. The Hall–Kier alpha value is -4.18. The van der Waals surface area contributed by atoms with Crippen molar-refractivity contribution in [2.45, 2.75) is 13.8 Å². The largest absolute Gasteiger partial charge is 0.304 e. The van der Waals surface area contributed by atoms with E-state index in [2.05, 4.69) is 71.6 Å². The Morgan fingerprint density at radius 3 is 2.45 bits per heavy atom. The molecule has 187 valence electrons. The number of fused-ring (bicyclic) bond motifs is 6. The van der Waals surface area contributed by atoms with Gasteiger partial charge in [0.1, 0.15) is 0 Å². The van der Waals surface area contributed by atoms with E-state index in [9.17, 15) is 0 Å². The van der Waals surface area contributed by atoms with Gasteiger partial charge in [-0.2, -0.15) is 5.10 Å². The molecule has 0 unspecified atom stereocenters. The van der Waals surface area contributed by atoms with E-state index in [4.69, 9.17) is 9.10 Å². The Labute approximate surface area is 239 Å². The van der Waals surface area contributed by atoms with Crippen molar-refractivity contribution in [1.29, 1.82) is 0 Å². The van der Waals surface area contributed by atoms with E-state index in [0.717, 1.165) is 38.6 Å². The Bertz CT molecular complexity index is 1940. The summed E-state index contributed by atoms with van der Waals surface area (Å²) in [5.74, 6) is 0. The maximum absolute atomic E-state index is 7.23. The first kappa shape index (κ1) is 21.9. The van der Waals surface area contributed by atoms with E-state index in [1.165, 1.54) is 22.9 Å². The van der Waals surface area contributed by atoms with Crippen LogP contribution in [0.4, 0.5) is 0 Å². The molecule has 0 N–H and O–H groups in total. The van der Waals surface area contributed by atoms with Gasteiger partial charge in [-0.05, 0) is 57.8 Å². The third-order valence-electron chi connectivity index (χ3n) is 6.30. The van der Waals surface area contributed by atoms with Gasteiger partial charge in [-0.1, -0.05) is 54.8 Å². The van der Waals surface area contributed by atoms with E-state index in [-0.39, 0.29) is 25.7 Å². The second-order valence-electron chi connectivity index (χ2n) is 8.67. The van der Waals surface area contributed by atoms with Gasteiger partial charge in [0, 0.05) is 42.8 Å². The average molecular weight is 672 g/mol. The van der Waals surface area contributed by atoms with Crippen molar-refractivity contribution < 1.29 is 24.2 Å². The fourth-order valence-electron chi connectivity index (χ4n) is 4.59. The molecule has 3 aromatic carbocycles. The summed E-state index contributed by atoms with van der Waals surface area (Å²) < 4.78 is 23.7. The molecule has 1 radical (unpaired) electrons. The van der Waals surface area contributed by atoms with Gasteiger partial charge in [-0.25, -0.2) is 0 Å². The first-order valence-corrected chi connectivity index (χ1v) is 12.0. The second kappa shape index (κ2) is 11.1. The Morgan fingerprint density at radius 2 is 1.68 bits per heavy atom. The van der Waals surface area contributed by atoms with Crippen molar-refractivity contribution >= 4 is 27.3 Å². The third kappa shape index (κ3) is 4.74. The maximum atomic E-state index is 7.23. The third-order valence-corrected chi connectivity index (χ3v) is 6.30. The molecule has 0 spiro atoms. The first-order valence-electron chi connectivity index (χ1n) is 13.5. The van der Waals surface area contributed by atoms with Crippen LogP contribution in [0.1, 0.15) is 15.2 Å². The number of aryl methyl sites for hydroxylation is 2. The van der Waals surface area contributed by atoms with Crippen LogP contribution in [0.2, 0.25) is 0 Å². The molecular weight excluding hydrogens is 645 g/mol. The zero-order chi connectivity index (χ0) is 27.7. The van der Waals surface area contributed by atoms with E-state index < -0.39 is 6.85 Å². The number of hydrogen-bond acceptors (Lipinski definition) is 3. The first-order chi connectivity index (χ1) is 19.4. The summed E-state index contributed by atoms with van der Waals surface area (Å²) in [6.45, 7) is 0.0100. The minimum absolute atomic E-state index is 0. The van der Waals surface area contributed by atoms with E-state index in [0.29, 0.717) is 0 Å². The van der Waals surface area contributed by atoms with Crippen LogP contribution >= 0.6 is 0 Å². The zero-order valence-corrected chi connectivity index (χ0v) is 22.9. The van der Waals surface area contributed by atoms with Crippen LogP contribution in [-0.4, -0.2) is 19.6 Å². The molecule has 0 aliphatic rings. The number of nitrogens with zero attached hydrogens (tertiary/aromatic N) is 4. The summed E-state index contributed by atoms with van der Waals surface area (Å²) in [6.07, 6.45) is 5.12. The normalized spacial score (nSPS) is 12.2. The van der Waals surface area contributed by atoms with Crippen molar-refractivity contribution in [1.82, 2.24) is 19.6 Å². The molecule has 5 heteroatoms. The molecule has 7 rings (SSSR count). The molecule has 4 aromatic heterocycles. The number of pyridine rings is 3. The standard InChI is InChI=1S/C21H14N3.C12H10N.Ir/c1-14-6-5-9-17-20-19(18-11-13-23-24(18)21(14)17)16(10-12-22-20)15-7-3-2-4-8-15;1-10-7-8-12(13-9-10)11-5-3-2-4-6-11;/h2-8,10-13H,1H3;2-5,7-9H,1H3;/q2*-1;/i;1D3;. The van der Waals surface area contributed by atoms with Gasteiger partial charge in [-0.15, -0.1) is 59.7 Å². The van der Waals surface area contributed by atoms with Gasteiger partial charge in [0.25, 0.3) is 0 Å². The summed E-state index contributed by atoms with van der Waals surface area (Å²) in [4.78, 5) is 8.82. The quantitative estimate of drug-likeness (QED) is 0.140. The van der Waals surface area contributed by atoms with Gasteiger partial charge in [-0.3, -0.25) is 4.52 Å². The molecule has 0 aliphatic carbocycles. The Morgan fingerprint density at radius 1 is 0.816 bits per heavy atom. The van der Waals surface area contributed by atoms with Crippen LogP contribution in [0.25, 0.3) is 49.7 Å². The number of aromatic nitrogens is 4. The van der Waals surface area contributed by atoms with E-state index >= 15 is 0 Å². The summed E-state index contributed by atoms with van der Waals surface area (Å²) in [5, 5.41) is 6.70. The molecule has 0 aliphatic heterocycles. The molecule has 0 saturated carbocycles. The summed E-state index contributed by atoms with van der Waals surface area (Å²) in [7, 11) is 0. The van der Waals surface area contributed by atoms with Crippen LogP contribution in [0.5, 0.6) is 0 Å². The second-order valence-corrected chi connectivity index (χ2v) is 8.67. The molecule has 0 fully saturated rings. The maximum Gasteiger partial charge on any atom is 0.0570 e. The molecule has 4 heterocycles. The molecule has 0 bridgehead atoms. The van der Waals surface area contributed by atoms with Crippen molar-refractivity contribution in [3.8, 4) is 22.4 Å². The van der Waals surface area contributed by atoms with Crippen molar-refractivity contribution in [3.05, 3.63) is 133 Å². The predicted molar refractivity (Wildman–Crippen MR) is 150 cm³/mol. The molecule has 0 saturated heterocycles. The van der Waals surface area contributed by atoms with Crippen molar-refractivity contribution in [2.24, 2.45) is 0 Å². The van der Waals surface area contributed by atoms with Crippen LogP contribution in [0.15, 0.2) is 110 Å². The topological polar surface area (TPSA) is 43.1 Å². The minimum atomic E-state index is -2.09. The summed E-state index contributed by atoms with van der Waals surface area (Å²) in [5.41, 5.74) is 8.49. The van der Waals surface area contributed by atoms with Gasteiger partial charge in [0.15, 0.2) is 0 Å². The Kier molecular flexibility index (Phi) is 6.36. The summed E-state index contributed by atoms with van der Waals surface area (Å²) in [6, 6.07) is 35.7. The number of rotatable bonds is 2. The minimum Gasteiger partial charge on any atom is -0.304 e. The fourth-order valence-corrected chi connectivity index (χ4v) is 4.59. The van der Waals surface area contributed by atoms with Gasteiger partial charge in [0.05, 0.1) is 5.52 Å². The van der Waals surface area contributed by atoms with Gasteiger partial charge < -0.3 is 9.97 Å². The van der Waals surface area contributed by atoms with E-state index in [1.807, 2.05) is 47.2 Å². The summed E-state index contributed by atoms with van der Waals surface area (Å²) >= 11 is 0. The van der Waals surface area contributed by atoms with Crippen LogP contribution in [-0.2, 0) is 20.1 Å². The average Bonchev–Trinajstić information content (AvgIpc) is 3.48. The molecular formula is C33H24IrN4-2. The number of hydrogen-bond donors (Lipinski definition) is 0. The zero-order valence-electron chi connectivity index (χ0n) is 23.5. The monoisotopic (exact) mass is 672 g/mol. The number of benzene rings is 3. The van der Waals surface area contributed by atoms with Crippen LogP contribution < -0.4 is 0 Å². The van der Waals surface area contributed by atoms with Gasteiger partial charge >= 0.3 is 0 Å². The molecule has 4 nitrogen and oxygen atoms in total. The van der Waals surface area contributed by atoms with Crippen LogP contribution in [0.3, 0.4) is 0 Å². The van der Waals surface area contributed by atoms with Crippen molar-refractivity contribution in [2.75, 3.05) is 0 Å². The SMILES string of the molecule is Cc1cc[c-]c2c3nccc(-c4ccccc4)c3c3ccnn3c12.[2H]C([2H])([2H])c1ccc(-c2[c-]cccc2)nc1.[Ir]. The molecule has 0 atom stereocenters. The molecule has 0 amide bonds. The van der Waals surface area contributed by atoms with E-state index in [1.54, 1.807) is 18.2 Å².